The van der Waals surface area contributed by atoms with E-state index in [0.717, 1.165) is 31.2 Å². The minimum Gasteiger partial charge on any atom is -0.455 e. The molecule has 3 aromatic rings. The van der Waals surface area contributed by atoms with Crippen molar-refractivity contribution in [2.45, 2.75) is 88.6 Å². The highest BCUT2D eigenvalue weighted by Crippen LogP contribution is 2.48. The zero-order valence-corrected chi connectivity index (χ0v) is 30.7. The number of hydrogen-bond acceptors (Lipinski definition) is 7. The van der Waals surface area contributed by atoms with Gasteiger partial charge in [-0.2, -0.15) is 8.78 Å². The first kappa shape index (κ1) is 38.6. The van der Waals surface area contributed by atoms with E-state index in [-0.39, 0.29) is 23.1 Å². The largest absolute Gasteiger partial charge is 0.455 e. The van der Waals surface area contributed by atoms with E-state index in [1.54, 1.807) is 41.3 Å². The van der Waals surface area contributed by atoms with Crippen LogP contribution in [0.25, 0.3) is 0 Å². The SMILES string of the molecule is CC(C)(C)OC(=O)C(F)(F)c1ccc(CONC(=O)[C@@H]2c3ccccc3C(=O)N([C@H]3CCCC[C@@H]3NS(C)(=O)=O)[C@H]2c2ccc(Cl)cc2Cl)cc1. The second-order valence-corrected chi connectivity index (χ2v) is 16.4. The van der Waals surface area contributed by atoms with E-state index in [0.29, 0.717) is 34.6 Å². The van der Waals surface area contributed by atoms with E-state index in [9.17, 15) is 31.6 Å². The number of nitrogens with one attached hydrogen (secondary N) is 2. The molecule has 0 saturated heterocycles. The number of hydrogen-bond donors (Lipinski definition) is 2. The molecule has 0 unspecified atom stereocenters. The van der Waals surface area contributed by atoms with Crippen LogP contribution >= 0.6 is 23.2 Å². The molecule has 1 aliphatic heterocycles. The monoisotopic (exact) mass is 765 g/mol. The van der Waals surface area contributed by atoms with Crippen molar-refractivity contribution in [3.05, 3.63) is 105 Å². The topological polar surface area (TPSA) is 131 Å². The first-order valence-electron chi connectivity index (χ1n) is 16.3. The number of nitrogens with zero attached hydrogens (tertiary/aromatic N) is 1. The molecule has 5 rings (SSSR count). The number of rotatable bonds is 10. The van der Waals surface area contributed by atoms with Crippen LogP contribution in [0.3, 0.4) is 0 Å². The van der Waals surface area contributed by atoms with Crippen molar-refractivity contribution in [2.24, 2.45) is 0 Å². The molecule has 2 N–H and O–H groups in total. The van der Waals surface area contributed by atoms with Crippen LogP contribution in [0.2, 0.25) is 10.0 Å². The highest BCUT2D eigenvalue weighted by molar-refractivity contribution is 7.88. The predicted octanol–water partition coefficient (Wildman–Crippen LogP) is 6.82. The van der Waals surface area contributed by atoms with Gasteiger partial charge in [-0.15, -0.1) is 0 Å². The Labute approximate surface area is 305 Å². The summed E-state index contributed by atoms with van der Waals surface area (Å²) in [6.07, 6.45) is 3.48. The molecule has 0 bridgehead atoms. The van der Waals surface area contributed by atoms with E-state index in [4.69, 9.17) is 32.8 Å². The summed E-state index contributed by atoms with van der Waals surface area (Å²) < 4.78 is 62.0. The number of carbonyl (C=O) groups excluding carboxylic acids is 3. The van der Waals surface area contributed by atoms with Gasteiger partial charge < -0.3 is 9.64 Å². The zero-order valence-electron chi connectivity index (χ0n) is 28.4. The number of ether oxygens (including phenoxy) is 1. The summed E-state index contributed by atoms with van der Waals surface area (Å²) in [5, 5.41) is 0.543. The van der Waals surface area contributed by atoms with Crippen molar-refractivity contribution in [3.8, 4) is 0 Å². The van der Waals surface area contributed by atoms with Crippen LogP contribution in [-0.4, -0.2) is 55.0 Å². The van der Waals surface area contributed by atoms with Crippen LogP contribution in [-0.2, 0) is 41.7 Å². The lowest BCUT2D eigenvalue weighted by Gasteiger charge is -2.49. The molecule has 0 radical (unpaired) electrons. The summed E-state index contributed by atoms with van der Waals surface area (Å²) in [6, 6.07) is 14.0. The molecule has 1 saturated carbocycles. The lowest BCUT2D eigenvalue weighted by molar-refractivity contribution is -0.185. The van der Waals surface area contributed by atoms with Gasteiger partial charge in [-0.25, -0.2) is 23.4 Å². The Morgan fingerprint density at radius 1 is 0.961 bits per heavy atom. The van der Waals surface area contributed by atoms with Crippen molar-refractivity contribution < 1.29 is 41.2 Å². The fourth-order valence-corrected chi connectivity index (χ4v) is 8.00. The highest BCUT2D eigenvalue weighted by Gasteiger charge is 2.50. The molecular weight excluding hydrogens is 727 g/mol. The van der Waals surface area contributed by atoms with Gasteiger partial charge in [-0.05, 0) is 68.5 Å². The molecule has 10 nitrogen and oxygen atoms in total. The van der Waals surface area contributed by atoms with Crippen molar-refractivity contribution in [3.63, 3.8) is 0 Å². The Kier molecular flexibility index (Phi) is 11.5. The third-order valence-corrected chi connectivity index (χ3v) is 10.1. The molecule has 4 atom stereocenters. The van der Waals surface area contributed by atoms with Crippen LogP contribution in [0, 0.1) is 0 Å². The molecule has 15 heteroatoms. The maximum Gasteiger partial charge on any atom is 0.382 e. The number of amides is 2. The van der Waals surface area contributed by atoms with Crippen LogP contribution in [0.5, 0.6) is 0 Å². The Morgan fingerprint density at radius 3 is 2.27 bits per heavy atom. The van der Waals surface area contributed by atoms with Crippen LogP contribution < -0.4 is 10.2 Å². The molecule has 1 aliphatic carbocycles. The van der Waals surface area contributed by atoms with Crippen LogP contribution in [0.1, 0.15) is 91.0 Å². The zero-order chi connectivity index (χ0) is 37.3. The number of sulfonamides is 1. The van der Waals surface area contributed by atoms with Gasteiger partial charge in [-0.1, -0.05) is 84.6 Å². The molecule has 0 aromatic heterocycles. The smallest absolute Gasteiger partial charge is 0.382 e. The van der Waals surface area contributed by atoms with Gasteiger partial charge in [0.25, 0.3) is 11.8 Å². The Morgan fingerprint density at radius 2 is 1.63 bits per heavy atom. The third kappa shape index (κ3) is 8.89. The Bertz CT molecular complexity index is 1910. The standard InChI is InChI=1S/C36H39Cl2F2N3O7S/c1-35(2,3)50-34(46)36(39,40)22-15-13-21(14-16-22)20-49-41-32(44)30-24-9-5-6-10-25(24)33(45)43(31(30)26-18-17-23(37)19-27(26)38)29-12-8-7-11-28(29)42-51(4,47)48/h5-6,9-10,13-19,28-31,42H,7-8,11-12,20H2,1-4H3,(H,41,44)/t28-,29-,30+,31-/m0/s1. The fraction of sp³-hybridized carbons (Fsp3) is 0.417. The molecule has 2 amide bonds. The summed E-state index contributed by atoms with van der Waals surface area (Å²) >= 11 is 13.0. The van der Waals surface area contributed by atoms with Crippen molar-refractivity contribution in [1.82, 2.24) is 15.1 Å². The van der Waals surface area contributed by atoms with Crippen molar-refractivity contribution in [1.29, 1.82) is 0 Å². The van der Waals surface area contributed by atoms with Gasteiger partial charge in [0.05, 0.1) is 24.8 Å². The van der Waals surface area contributed by atoms with Gasteiger partial charge in [-0.3, -0.25) is 14.4 Å². The van der Waals surface area contributed by atoms with Gasteiger partial charge >= 0.3 is 11.9 Å². The summed E-state index contributed by atoms with van der Waals surface area (Å²) in [7, 11) is -3.66. The van der Waals surface area contributed by atoms with Gasteiger partial charge in [0.2, 0.25) is 10.0 Å². The molecule has 51 heavy (non-hydrogen) atoms. The summed E-state index contributed by atoms with van der Waals surface area (Å²) in [4.78, 5) is 47.9. The molecule has 2 aliphatic rings. The van der Waals surface area contributed by atoms with Gasteiger partial charge in [0.15, 0.2) is 0 Å². The molecular formula is C36H39Cl2F2N3O7S. The lowest BCUT2D eigenvalue weighted by atomic mass is 9.76. The first-order valence-corrected chi connectivity index (χ1v) is 19.0. The normalized spacial score (nSPS) is 21.2. The quantitative estimate of drug-likeness (QED) is 0.171. The summed E-state index contributed by atoms with van der Waals surface area (Å²) in [5.41, 5.74) is 2.32. The molecule has 1 heterocycles. The third-order valence-electron chi connectivity index (χ3n) is 8.78. The Balaban J connectivity index is 1.45. The second kappa shape index (κ2) is 15.2. The van der Waals surface area contributed by atoms with Crippen molar-refractivity contribution >= 4 is 51.0 Å². The number of fused-ring (bicyclic) bond motifs is 1. The number of hydroxylamine groups is 1. The maximum atomic E-state index is 14.8. The molecule has 3 aromatic carbocycles. The van der Waals surface area contributed by atoms with E-state index in [1.807, 2.05) is 0 Å². The Hall–Kier alpha value is -3.62. The number of alkyl halides is 2. The van der Waals surface area contributed by atoms with Gasteiger partial charge in [0.1, 0.15) is 5.60 Å². The van der Waals surface area contributed by atoms with E-state index >= 15 is 0 Å². The van der Waals surface area contributed by atoms with E-state index < -0.39 is 63.0 Å². The summed E-state index contributed by atoms with van der Waals surface area (Å²) in [5.74, 6) is -7.65. The first-order chi connectivity index (χ1) is 23.9. The van der Waals surface area contributed by atoms with Crippen LogP contribution in [0.15, 0.2) is 66.7 Å². The number of benzene rings is 3. The minimum absolute atomic E-state index is 0.204. The average molecular weight is 767 g/mol. The molecule has 1 fully saturated rings. The van der Waals surface area contributed by atoms with E-state index in [2.05, 4.69) is 10.2 Å². The minimum atomic E-state index is -3.88. The van der Waals surface area contributed by atoms with E-state index in [1.165, 1.54) is 39.0 Å². The second-order valence-electron chi connectivity index (χ2n) is 13.8. The average Bonchev–Trinajstić information content (AvgIpc) is 3.04. The maximum absolute atomic E-state index is 14.8. The lowest BCUT2D eigenvalue weighted by Crippen LogP contribution is -2.59. The predicted molar refractivity (Wildman–Crippen MR) is 188 cm³/mol. The number of halogens is 4. The van der Waals surface area contributed by atoms with Crippen molar-refractivity contribution in [2.75, 3.05) is 6.26 Å². The highest BCUT2D eigenvalue weighted by atomic mass is 35.5. The van der Waals surface area contributed by atoms with Crippen LogP contribution in [0.4, 0.5) is 8.78 Å². The number of esters is 1. The number of carbonyl (C=O) groups is 3. The summed E-state index contributed by atoms with van der Waals surface area (Å²) in [6.45, 7) is 4.25. The fourth-order valence-electron chi connectivity index (χ4n) is 6.65. The molecule has 274 valence electrons. The van der Waals surface area contributed by atoms with Gasteiger partial charge in [0, 0.05) is 33.3 Å². The molecule has 0 spiro atoms.